The standard InChI is InChI=1S/C21H28O3/c1-19-7-4-16-15-5-9-21(22-10-11-23-21)12-14(15)2-3-17(16)18(19)6-8-20(19)13-24-20/h4,17-18H,2-3,5-13H2,1H3/t17?,18?,19-,20+/m0/s1. The van der Waals surface area contributed by atoms with Gasteiger partial charge in [0.15, 0.2) is 5.79 Å². The Bertz CT molecular complexity index is 650. The molecular weight excluding hydrogens is 300 g/mol. The van der Waals surface area contributed by atoms with Crippen molar-refractivity contribution in [1.82, 2.24) is 0 Å². The molecule has 2 aliphatic heterocycles. The zero-order chi connectivity index (χ0) is 16.0. The van der Waals surface area contributed by atoms with Gasteiger partial charge in [0, 0.05) is 18.3 Å². The second kappa shape index (κ2) is 4.55. The molecule has 2 heterocycles. The van der Waals surface area contributed by atoms with E-state index in [4.69, 9.17) is 14.2 Å². The first kappa shape index (κ1) is 14.5. The first-order chi connectivity index (χ1) is 11.6. The van der Waals surface area contributed by atoms with Gasteiger partial charge in [0.2, 0.25) is 0 Å². The number of hydrogen-bond acceptors (Lipinski definition) is 3. The van der Waals surface area contributed by atoms with Crippen LogP contribution in [-0.2, 0) is 14.2 Å². The minimum atomic E-state index is -0.269. The van der Waals surface area contributed by atoms with Gasteiger partial charge >= 0.3 is 0 Å². The monoisotopic (exact) mass is 328 g/mol. The third kappa shape index (κ3) is 1.69. The summed E-state index contributed by atoms with van der Waals surface area (Å²) in [7, 11) is 0. The molecule has 6 aliphatic rings. The van der Waals surface area contributed by atoms with E-state index in [2.05, 4.69) is 13.0 Å². The Balaban J connectivity index is 1.35. The van der Waals surface area contributed by atoms with Gasteiger partial charge in [0.1, 0.15) is 0 Å². The molecule has 0 amide bonds. The summed E-state index contributed by atoms with van der Waals surface area (Å²) in [4.78, 5) is 0. The highest BCUT2D eigenvalue weighted by atomic mass is 16.7. The average Bonchev–Trinajstić information content (AvgIpc) is 3.17. The quantitative estimate of drug-likeness (QED) is 0.626. The van der Waals surface area contributed by atoms with Crippen LogP contribution in [0.2, 0.25) is 0 Å². The molecule has 0 aromatic rings. The average molecular weight is 328 g/mol. The van der Waals surface area contributed by atoms with E-state index in [1.165, 1.54) is 32.1 Å². The Kier molecular flexibility index (Phi) is 2.75. The van der Waals surface area contributed by atoms with Crippen molar-refractivity contribution >= 4 is 0 Å². The van der Waals surface area contributed by atoms with E-state index in [-0.39, 0.29) is 11.4 Å². The van der Waals surface area contributed by atoms with Crippen molar-refractivity contribution in [2.24, 2.45) is 17.3 Å². The van der Waals surface area contributed by atoms with Crippen LogP contribution in [0.4, 0.5) is 0 Å². The van der Waals surface area contributed by atoms with Crippen LogP contribution in [0.5, 0.6) is 0 Å². The van der Waals surface area contributed by atoms with Gasteiger partial charge in [-0.3, -0.25) is 0 Å². The van der Waals surface area contributed by atoms with Crippen LogP contribution in [0.15, 0.2) is 22.8 Å². The van der Waals surface area contributed by atoms with E-state index >= 15 is 0 Å². The van der Waals surface area contributed by atoms with Gasteiger partial charge in [-0.25, -0.2) is 0 Å². The largest absolute Gasteiger partial charge is 0.369 e. The van der Waals surface area contributed by atoms with Crippen molar-refractivity contribution in [2.45, 2.75) is 69.7 Å². The number of allylic oxidation sites excluding steroid dienone is 3. The zero-order valence-corrected chi connectivity index (χ0v) is 14.7. The van der Waals surface area contributed by atoms with Gasteiger partial charge in [-0.1, -0.05) is 18.6 Å². The van der Waals surface area contributed by atoms with Crippen LogP contribution in [0, 0.1) is 17.3 Å². The highest BCUT2D eigenvalue weighted by molar-refractivity contribution is 5.45. The number of rotatable bonds is 0. The van der Waals surface area contributed by atoms with E-state index in [0.29, 0.717) is 5.41 Å². The first-order valence-electron chi connectivity index (χ1n) is 9.98. The van der Waals surface area contributed by atoms with Gasteiger partial charge in [-0.15, -0.1) is 0 Å². The molecule has 0 bridgehead atoms. The summed E-state index contributed by atoms with van der Waals surface area (Å²) in [6, 6.07) is 0. The van der Waals surface area contributed by atoms with E-state index in [9.17, 15) is 0 Å². The van der Waals surface area contributed by atoms with Crippen LogP contribution in [-0.4, -0.2) is 31.2 Å². The van der Waals surface area contributed by atoms with Crippen molar-refractivity contribution in [2.75, 3.05) is 19.8 Å². The van der Waals surface area contributed by atoms with Crippen molar-refractivity contribution < 1.29 is 14.2 Å². The predicted octanol–water partition coefficient (Wildman–Crippen LogP) is 4.14. The van der Waals surface area contributed by atoms with Crippen LogP contribution in [0.3, 0.4) is 0 Å². The van der Waals surface area contributed by atoms with Crippen molar-refractivity contribution in [3.05, 3.63) is 22.8 Å². The molecule has 2 spiro atoms. The third-order valence-electron chi connectivity index (χ3n) is 8.43. The second-order valence-electron chi connectivity index (χ2n) is 9.22. The minimum Gasteiger partial charge on any atom is -0.369 e. The maximum atomic E-state index is 6.00. The molecule has 1 saturated carbocycles. The highest BCUT2D eigenvalue weighted by Crippen LogP contribution is 2.67. The lowest BCUT2D eigenvalue weighted by Crippen LogP contribution is -2.43. The maximum absolute atomic E-state index is 6.00. The van der Waals surface area contributed by atoms with E-state index in [1.54, 1.807) is 16.7 Å². The SMILES string of the molecule is C[C@]12CC=C3C4=C(CCC3C1CC[C@@]21CO1)CC1(CC4)OCCO1. The van der Waals surface area contributed by atoms with E-state index < -0.39 is 0 Å². The van der Waals surface area contributed by atoms with Crippen LogP contribution in [0.1, 0.15) is 58.3 Å². The zero-order valence-electron chi connectivity index (χ0n) is 14.7. The summed E-state index contributed by atoms with van der Waals surface area (Å²) in [5.41, 5.74) is 5.69. The lowest BCUT2D eigenvalue weighted by molar-refractivity contribution is -0.164. The van der Waals surface area contributed by atoms with Crippen LogP contribution >= 0.6 is 0 Å². The molecule has 4 aliphatic carbocycles. The summed E-state index contributed by atoms with van der Waals surface area (Å²) in [5, 5.41) is 0. The number of ether oxygens (including phenoxy) is 3. The van der Waals surface area contributed by atoms with E-state index in [0.717, 1.165) is 50.9 Å². The molecule has 4 atom stereocenters. The number of epoxide rings is 1. The smallest absolute Gasteiger partial charge is 0.172 e. The molecule has 0 aromatic heterocycles. The molecule has 3 nitrogen and oxygen atoms in total. The number of hydrogen-bond donors (Lipinski definition) is 0. The van der Waals surface area contributed by atoms with Crippen LogP contribution < -0.4 is 0 Å². The highest BCUT2D eigenvalue weighted by Gasteiger charge is 2.67. The molecule has 6 rings (SSSR count). The summed E-state index contributed by atoms with van der Waals surface area (Å²) >= 11 is 0. The fourth-order valence-electron chi connectivity index (χ4n) is 6.94. The normalized spacial score (nSPS) is 48.3. The van der Waals surface area contributed by atoms with Gasteiger partial charge in [0.25, 0.3) is 0 Å². The predicted molar refractivity (Wildman–Crippen MR) is 90.5 cm³/mol. The molecule has 3 fully saturated rings. The molecule has 3 heteroatoms. The molecule has 24 heavy (non-hydrogen) atoms. The Morgan fingerprint density at radius 2 is 1.88 bits per heavy atom. The van der Waals surface area contributed by atoms with Gasteiger partial charge in [-0.05, 0) is 61.5 Å². The Labute approximate surface area is 144 Å². The van der Waals surface area contributed by atoms with Gasteiger partial charge < -0.3 is 14.2 Å². The minimum absolute atomic E-state index is 0.247. The molecule has 130 valence electrons. The number of fused-ring (bicyclic) bond motifs is 5. The van der Waals surface area contributed by atoms with Crippen molar-refractivity contribution in [1.29, 1.82) is 0 Å². The van der Waals surface area contributed by atoms with Gasteiger partial charge in [0.05, 0.1) is 25.4 Å². The van der Waals surface area contributed by atoms with Crippen molar-refractivity contribution in [3.63, 3.8) is 0 Å². The fraction of sp³-hybridized carbons (Fsp3) is 0.810. The Morgan fingerprint density at radius 3 is 2.67 bits per heavy atom. The Morgan fingerprint density at radius 1 is 1.04 bits per heavy atom. The lowest BCUT2D eigenvalue weighted by atomic mass is 9.57. The molecule has 0 aromatic carbocycles. The molecule has 0 N–H and O–H groups in total. The van der Waals surface area contributed by atoms with E-state index in [1.807, 2.05) is 0 Å². The fourth-order valence-corrected chi connectivity index (χ4v) is 6.94. The second-order valence-corrected chi connectivity index (χ2v) is 9.22. The first-order valence-corrected chi connectivity index (χ1v) is 9.98. The molecule has 2 unspecified atom stereocenters. The molecule has 0 radical (unpaired) electrons. The lowest BCUT2D eigenvalue weighted by Gasteiger charge is -2.48. The Hall–Kier alpha value is -0.640. The maximum Gasteiger partial charge on any atom is 0.172 e. The summed E-state index contributed by atoms with van der Waals surface area (Å²) < 4.78 is 18.0. The van der Waals surface area contributed by atoms with Crippen LogP contribution in [0.25, 0.3) is 0 Å². The summed E-state index contributed by atoms with van der Waals surface area (Å²) in [6.45, 7) is 5.08. The summed E-state index contributed by atoms with van der Waals surface area (Å²) in [5.74, 6) is 1.35. The molecular formula is C21H28O3. The molecule has 2 saturated heterocycles. The third-order valence-corrected chi connectivity index (χ3v) is 8.43. The van der Waals surface area contributed by atoms with Gasteiger partial charge in [-0.2, -0.15) is 0 Å². The summed E-state index contributed by atoms with van der Waals surface area (Å²) in [6.07, 6.45) is 12.3. The van der Waals surface area contributed by atoms with Crippen molar-refractivity contribution in [3.8, 4) is 0 Å². The topological polar surface area (TPSA) is 31.0 Å².